The Bertz CT molecular complexity index is 769. The van der Waals surface area contributed by atoms with E-state index >= 15 is 0 Å². The van der Waals surface area contributed by atoms with Crippen LogP contribution in [-0.2, 0) is 6.54 Å². The lowest BCUT2D eigenvalue weighted by Gasteiger charge is -2.01. The van der Waals surface area contributed by atoms with Crippen LogP contribution in [0.2, 0.25) is 0 Å². The van der Waals surface area contributed by atoms with Crippen molar-refractivity contribution in [1.82, 2.24) is 14.5 Å². The number of thiazole rings is 1. The van der Waals surface area contributed by atoms with Gasteiger partial charge in [-0.25, -0.2) is 9.37 Å². The molecule has 1 N–H and O–H groups in total. The number of rotatable bonds is 2. The number of H-pyrrole nitrogens is 1. The van der Waals surface area contributed by atoms with Crippen LogP contribution >= 0.6 is 23.6 Å². The van der Waals surface area contributed by atoms with E-state index in [1.54, 1.807) is 17.4 Å². The molecule has 0 bridgehead atoms. The molecule has 0 spiro atoms. The Balaban J connectivity index is 2.13. The van der Waals surface area contributed by atoms with E-state index in [0.29, 0.717) is 11.3 Å². The van der Waals surface area contributed by atoms with E-state index in [1.807, 2.05) is 16.9 Å². The fourth-order valence-corrected chi connectivity index (χ4v) is 2.93. The summed E-state index contributed by atoms with van der Waals surface area (Å²) in [5, 5.41) is 2.96. The first-order valence-corrected chi connectivity index (χ1v) is 6.71. The molecule has 3 nitrogen and oxygen atoms in total. The molecule has 0 aliphatic rings. The Hall–Kier alpha value is -1.53. The molecule has 0 aliphatic heterocycles. The highest BCUT2D eigenvalue weighted by Gasteiger charge is 2.08. The molecule has 2 aromatic heterocycles. The number of imidazole rings is 1. The van der Waals surface area contributed by atoms with E-state index in [0.717, 1.165) is 21.7 Å². The topological polar surface area (TPSA) is 33.6 Å². The lowest BCUT2D eigenvalue weighted by atomic mass is 10.3. The van der Waals surface area contributed by atoms with Crippen molar-refractivity contribution in [2.75, 3.05) is 0 Å². The number of halogens is 1. The molecule has 18 heavy (non-hydrogen) atoms. The van der Waals surface area contributed by atoms with Crippen LogP contribution in [0.25, 0.3) is 11.0 Å². The maximum absolute atomic E-state index is 13.3. The van der Waals surface area contributed by atoms with Gasteiger partial charge in [0.1, 0.15) is 10.8 Å². The molecule has 6 heteroatoms. The average Bonchev–Trinajstić information content (AvgIpc) is 2.86. The number of fused-ring (bicyclic) bond motifs is 1. The first kappa shape index (κ1) is 11.6. The van der Waals surface area contributed by atoms with Gasteiger partial charge in [-0.05, 0) is 37.3 Å². The summed E-state index contributed by atoms with van der Waals surface area (Å²) in [7, 11) is 0. The number of hydrogen-bond donors (Lipinski definition) is 1. The quantitative estimate of drug-likeness (QED) is 0.726. The van der Waals surface area contributed by atoms with Crippen LogP contribution < -0.4 is 0 Å². The molecular formula is C12H10FN3S2. The Morgan fingerprint density at radius 1 is 1.50 bits per heavy atom. The molecule has 0 radical (unpaired) electrons. The summed E-state index contributed by atoms with van der Waals surface area (Å²) in [4.78, 5) is 7.47. The van der Waals surface area contributed by atoms with Gasteiger partial charge in [-0.3, -0.25) is 0 Å². The monoisotopic (exact) mass is 279 g/mol. The molecule has 92 valence electrons. The van der Waals surface area contributed by atoms with Crippen molar-refractivity contribution in [3.8, 4) is 0 Å². The summed E-state index contributed by atoms with van der Waals surface area (Å²) < 4.78 is 15.7. The third-order valence-corrected chi connectivity index (χ3v) is 3.97. The van der Waals surface area contributed by atoms with Crippen LogP contribution in [0.4, 0.5) is 4.39 Å². The van der Waals surface area contributed by atoms with Gasteiger partial charge in [0.2, 0.25) is 0 Å². The van der Waals surface area contributed by atoms with Crippen molar-refractivity contribution in [3.05, 3.63) is 44.9 Å². The number of aryl methyl sites for hydroxylation is 1. The first-order valence-electron chi connectivity index (χ1n) is 5.42. The van der Waals surface area contributed by atoms with Crippen molar-refractivity contribution < 1.29 is 4.39 Å². The van der Waals surface area contributed by atoms with Gasteiger partial charge in [0.25, 0.3) is 0 Å². The molecule has 0 saturated heterocycles. The van der Waals surface area contributed by atoms with Crippen molar-refractivity contribution in [2.45, 2.75) is 13.5 Å². The van der Waals surface area contributed by atoms with Crippen molar-refractivity contribution in [2.24, 2.45) is 0 Å². The van der Waals surface area contributed by atoms with Gasteiger partial charge in [-0.15, -0.1) is 11.3 Å². The maximum atomic E-state index is 13.3. The smallest absolute Gasteiger partial charge is 0.178 e. The third-order valence-electron chi connectivity index (χ3n) is 2.70. The van der Waals surface area contributed by atoms with Gasteiger partial charge in [-0.1, -0.05) is 0 Å². The third kappa shape index (κ3) is 1.97. The zero-order chi connectivity index (χ0) is 12.7. The second-order valence-corrected chi connectivity index (χ2v) is 5.39. The van der Waals surface area contributed by atoms with Gasteiger partial charge >= 0.3 is 0 Å². The summed E-state index contributed by atoms with van der Waals surface area (Å²) in [6, 6.07) is 4.61. The van der Waals surface area contributed by atoms with Crippen molar-refractivity contribution >= 4 is 34.6 Å². The normalized spacial score (nSPS) is 11.2. The number of hydrogen-bond acceptors (Lipinski definition) is 3. The lowest BCUT2D eigenvalue weighted by molar-refractivity contribution is 0.628. The number of aromatic amines is 1. The minimum Gasteiger partial charge on any atom is -0.331 e. The standard InChI is InChI=1S/C12H10FN3S2/c1-7-6-18-11(14-7)5-16-10-4-8(13)2-3-9(10)15-12(16)17/h2-4,6H,5H2,1H3,(H,15,17). The molecule has 0 saturated carbocycles. The Labute approximate surface area is 112 Å². The molecular weight excluding hydrogens is 269 g/mol. The minimum atomic E-state index is -0.263. The minimum absolute atomic E-state index is 0.263. The zero-order valence-electron chi connectivity index (χ0n) is 9.61. The first-order chi connectivity index (χ1) is 8.63. The molecule has 0 unspecified atom stereocenters. The van der Waals surface area contributed by atoms with Gasteiger partial charge < -0.3 is 9.55 Å². The predicted molar refractivity (Wildman–Crippen MR) is 73.0 cm³/mol. The predicted octanol–water partition coefficient (Wildman–Crippen LogP) is 3.65. The SMILES string of the molecule is Cc1csc(Cn2c(=S)[nH]c3ccc(F)cc32)n1. The van der Waals surface area contributed by atoms with Crippen molar-refractivity contribution in [1.29, 1.82) is 0 Å². The molecule has 0 atom stereocenters. The van der Waals surface area contributed by atoms with Gasteiger partial charge in [0.15, 0.2) is 4.77 Å². The van der Waals surface area contributed by atoms with E-state index in [2.05, 4.69) is 9.97 Å². The second kappa shape index (κ2) is 4.29. The van der Waals surface area contributed by atoms with Gasteiger partial charge in [-0.2, -0.15) is 0 Å². The van der Waals surface area contributed by atoms with Crippen LogP contribution in [0, 0.1) is 17.5 Å². The molecule has 0 fully saturated rings. The summed E-state index contributed by atoms with van der Waals surface area (Å²) in [5.74, 6) is -0.263. The van der Waals surface area contributed by atoms with Crippen LogP contribution in [-0.4, -0.2) is 14.5 Å². The molecule has 3 aromatic rings. The van der Waals surface area contributed by atoms with Crippen LogP contribution in [0.1, 0.15) is 10.7 Å². The Morgan fingerprint density at radius 2 is 2.33 bits per heavy atom. The largest absolute Gasteiger partial charge is 0.331 e. The summed E-state index contributed by atoms with van der Waals surface area (Å²) in [6.45, 7) is 2.52. The summed E-state index contributed by atoms with van der Waals surface area (Å²) in [6.07, 6.45) is 0. The number of benzene rings is 1. The van der Waals surface area contributed by atoms with E-state index in [9.17, 15) is 4.39 Å². The highest BCUT2D eigenvalue weighted by atomic mass is 32.1. The number of nitrogens with zero attached hydrogens (tertiary/aromatic N) is 2. The maximum Gasteiger partial charge on any atom is 0.178 e. The Kier molecular flexibility index (Phi) is 2.76. The second-order valence-electron chi connectivity index (χ2n) is 4.06. The fraction of sp³-hybridized carbons (Fsp3) is 0.167. The van der Waals surface area contributed by atoms with E-state index in [-0.39, 0.29) is 5.82 Å². The zero-order valence-corrected chi connectivity index (χ0v) is 11.2. The fourth-order valence-electron chi connectivity index (χ4n) is 1.89. The molecule has 2 heterocycles. The molecule has 0 aliphatic carbocycles. The summed E-state index contributed by atoms with van der Waals surface area (Å²) in [5.41, 5.74) is 2.61. The average molecular weight is 279 g/mol. The molecule has 0 amide bonds. The van der Waals surface area contributed by atoms with Crippen LogP contribution in [0.5, 0.6) is 0 Å². The van der Waals surface area contributed by atoms with E-state index in [1.165, 1.54) is 12.1 Å². The molecule has 3 rings (SSSR count). The molecule has 1 aromatic carbocycles. The highest BCUT2D eigenvalue weighted by Crippen LogP contribution is 2.18. The van der Waals surface area contributed by atoms with Crippen LogP contribution in [0.15, 0.2) is 23.6 Å². The number of nitrogens with one attached hydrogen (secondary N) is 1. The Morgan fingerprint density at radius 3 is 3.06 bits per heavy atom. The number of aromatic nitrogens is 3. The van der Waals surface area contributed by atoms with E-state index < -0.39 is 0 Å². The summed E-state index contributed by atoms with van der Waals surface area (Å²) >= 11 is 6.85. The highest BCUT2D eigenvalue weighted by molar-refractivity contribution is 7.71. The lowest BCUT2D eigenvalue weighted by Crippen LogP contribution is -1.99. The van der Waals surface area contributed by atoms with Gasteiger partial charge in [0.05, 0.1) is 17.6 Å². The van der Waals surface area contributed by atoms with E-state index in [4.69, 9.17) is 12.2 Å². The van der Waals surface area contributed by atoms with Crippen molar-refractivity contribution in [3.63, 3.8) is 0 Å². The van der Waals surface area contributed by atoms with Gasteiger partial charge in [0, 0.05) is 11.1 Å². The van der Waals surface area contributed by atoms with Crippen LogP contribution in [0.3, 0.4) is 0 Å².